The highest BCUT2D eigenvalue weighted by molar-refractivity contribution is 5.50. The van der Waals surface area contributed by atoms with Crippen LogP contribution in [0.2, 0.25) is 0 Å². The van der Waals surface area contributed by atoms with E-state index < -0.39 is 0 Å². The van der Waals surface area contributed by atoms with Crippen molar-refractivity contribution in [1.29, 1.82) is 0 Å². The van der Waals surface area contributed by atoms with Crippen LogP contribution in [0.1, 0.15) is 77.1 Å². The predicted molar refractivity (Wildman–Crippen MR) is 91.9 cm³/mol. The van der Waals surface area contributed by atoms with Crippen molar-refractivity contribution in [3.8, 4) is 5.75 Å². The van der Waals surface area contributed by atoms with Crippen molar-refractivity contribution in [3.63, 3.8) is 0 Å². The van der Waals surface area contributed by atoms with E-state index in [1.807, 2.05) is 6.08 Å². The second-order valence-corrected chi connectivity index (χ2v) is 7.94. The lowest BCUT2D eigenvalue weighted by molar-refractivity contribution is 0.422. The van der Waals surface area contributed by atoms with Gasteiger partial charge in [-0.3, -0.25) is 0 Å². The molecule has 0 fully saturated rings. The minimum atomic E-state index is -0.113. The third-order valence-corrected chi connectivity index (χ3v) is 3.86. The number of benzene rings is 1. The molecule has 1 aromatic carbocycles. The molecule has 2 nitrogen and oxygen atoms in total. The molecule has 0 saturated carbocycles. The monoisotopic (exact) mass is 289 g/mol. The first-order valence-corrected chi connectivity index (χ1v) is 7.73. The van der Waals surface area contributed by atoms with Gasteiger partial charge in [-0.05, 0) is 40.4 Å². The van der Waals surface area contributed by atoms with Crippen LogP contribution in [0.4, 0.5) is 0 Å². The molecule has 21 heavy (non-hydrogen) atoms. The van der Waals surface area contributed by atoms with Crippen LogP contribution in [-0.2, 0) is 10.8 Å². The summed E-state index contributed by atoms with van der Waals surface area (Å²) in [5.41, 5.74) is 9.14. The Kier molecular flexibility index (Phi) is 5.27. The lowest BCUT2D eigenvalue weighted by Crippen LogP contribution is -2.20. The zero-order valence-corrected chi connectivity index (χ0v) is 14.5. The Morgan fingerprint density at radius 2 is 1.52 bits per heavy atom. The van der Waals surface area contributed by atoms with Crippen molar-refractivity contribution in [2.24, 2.45) is 5.73 Å². The van der Waals surface area contributed by atoms with E-state index in [-0.39, 0.29) is 16.9 Å². The molecule has 0 unspecified atom stereocenters. The molecular formula is C19H31NO. The van der Waals surface area contributed by atoms with Crippen LogP contribution in [0, 0.1) is 0 Å². The molecule has 0 aromatic heterocycles. The van der Waals surface area contributed by atoms with Gasteiger partial charge in [0.25, 0.3) is 0 Å². The lowest BCUT2D eigenvalue weighted by Gasteiger charge is -2.29. The first kappa shape index (κ1) is 17.8. The number of nitrogens with two attached hydrogens (primary N) is 1. The summed E-state index contributed by atoms with van der Waals surface area (Å²) in [5.74, 6) is 0.412. The third-order valence-electron chi connectivity index (χ3n) is 3.86. The smallest absolute Gasteiger partial charge is 0.123 e. The van der Waals surface area contributed by atoms with Crippen LogP contribution in [0.5, 0.6) is 5.75 Å². The van der Waals surface area contributed by atoms with Crippen molar-refractivity contribution in [1.82, 2.24) is 0 Å². The van der Waals surface area contributed by atoms with E-state index >= 15 is 0 Å². The number of hydrogen-bond donors (Lipinski definition) is 2. The summed E-state index contributed by atoms with van der Waals surface area (Å²) in [6.07, 6.45) is 3.68. The fourth-order valence-electron chi connectivity index (χ4n) is 2.48. The van der Waals surface area contributed by atoms with E-state index in [9.17, 15) is 5.11 Å². The van der Waals surface area contributed by atoms with Crippen molar-refractivity contribution in [2.75, 3.05) is 0 Å². The zero-order valence-electron chi connectivity index (χ0n) is 14.5. The van der Waals surface area contributed by atoms with E-state index in [1.165, 1.54) is 0 Å². The van der Waals surface area contributed by atoms with Crippen LogP contribution >= 0.6 is 0 Å². The minimum Gasteiger partial charge on any atom is -0.507 e. The maximum Gasteiger partial charge on any atom is 0.123 e. The Morgan fingerprint density at radius 1 is 1.10 bits per heavy atom. The Bertz CT molecular complexity index is 468. The highest BCUT2D eigenvalue weighted by Gasteiger charge is 2.27. The average molecular weight is 289 g/mol. The van der Waals surface area contributed by atoms with Crippen LogP contribution in [0.3, 0.4) is 0 Å². The molecule has 1 aromatic rings. The molecule has 0 saturated heterocycles. The zero-order chi connectivity index (χ0) is 16.4. The number of phenols is 1. The summed E-state index contributed by atoms with van der Waals surface area (Å²) >= 11 is 0. The largest absolute Gasteiger partial charge is 0.507 e. The Labute approximate surface area is 130 Å². The van der Waals surface area contributed by atoms with Gasteiger partial charge < -0.3 is 10.8 Å². The number of hydrogen-bond acceptors (Lipinski definition) is 2. The predicted octanol–water partition coefficient (Wildman–Crippen LogP) is 4.95. The molecule has 0 heterocycles. The van der Waals surface area contributed by atoms with Crippen molar-refractivity contribution < 1.29 is 5.11 Å². The second kappa shape index (κ2) is 6.23. The van der Waals surface area contributed by atoms with Gasteiger partial charge in [0.15, 0.2) is 0 Å². The minimum absolute atomic E-state index is 0.0224. The summed E-state index contributed by atoms with van der Waals surface area (Å²) in [6, 6.07) is 4.11. The highest BCUT2D eigenvalue weighted by atomic mass is 16.3. The first-order chi connectivity index (χ1) is 9.48. The van der Waals surface area contributed by atoms with Crippen LogP contribution < -0.4 is 5.73 Å². The van der Waals surface area contributed by atoms with Crippen molar-refractivity contribution in [2.45, 2.75) is 71.3 Å². The SMILES string of the molecule is C=CCC[C@H](N)c1cc(C(C)(C)C)c(O)c(C(C)(C)C)c1. The van der Waals surface area contributed by atoms with Crippen molar-refractivity contribution >= 4 is 0 Å². The molecule has 118 valence electrons. The summed E-state index contributed by atoms with van der Waals surface area (Å²) in [5, 5.41) is 10.7. The van der Waals surface area contributed by atoms with E-state index in [0.29, 0.717) is 5.75 Å². The Hall–Kier alpha value is -1.28. The quantitative estimate of drug-likeness (QED) is 0.770. The molecular weight excluding hydrogens is 258 g/mol. The van der Waals surface area contributed by atoms with Crippen LogP contribution in [0.25, 0.3) is 0 Å². The van der Waals surface area contributed by atoms with Gasteiger partial charge in [0.05, 0.1) is 0 Å². The fourth-order valence-corrected chi connectivity index (χ4v) is 2.48. The molecule has 0 aliphatic rings. The van der Waals surface area contributed by atoms with Gasteiger partial charge in [-0.25, -0.2) is 0 Å². The summed E-state index contributed by atoms with van der Waals surface area (Å²) in [6.45, 7) is 16.5. The van der Waals surface area contributed by atoms with Gasteiger partial charge in [0, 0.05) is 6.04 Å². The highest BCUT2D eigenvalue weighted by Crippen LogP contribution is 2.40. The second-order valence-electron chi connectivity index (χ2n) is 7.94. The van der Waals surface area contributed by atoms with Gasteiger partial charge >= 0.3 is 0 Å². The maximum absolute atomic E-state index is 10.7. The maximum atomic E-state index is 10.7. The van der Waals surface area contributed by atoms with Crippen molar-refractivity contribution in [3.05, 3.63) is 41.5 Å². The molecule has 0 spiro atoms. The van der Waals surface area contributed by atoms with Gasteiger partial charge in [-0.2, -0.15) is 0 Å². The first-order valence-electron chi connectivity index (χ1n) is 7.73. The Balaban J connectivity index is 3.44. The molecule has 1 rings (SSSR count). The third kappa shape index (κ3) is 4.34. The summed E-state index contributed by atoms with van der Waals surface area (Å²) in [7, 11) is 0. The normalized spacial score (nSPS) is 14.0. The van der Waals surface area contributed by atoms with Gasteiger partial charge in [-0.15, -0.1) is 6.58 Å². The van der Waals surface area contributed by atoms with E-state index in [2.05, 4.69) is 60.3 Å². The summed E-state index contributed by atoms with van der Waals surface area (Å²) < 4.78 is 0. The van der Waals surface area contributed by atoms with Gasteiger partial charge in [-0.1, -0.05) is 59.8 Å². The molecule has 1 atom stereocenters. The molecule has 0 aliphatic carbocycles. The molecule has 0 radical (unpaired) electrons. The lowest BCUT2D eigenvalue weighted by atomic mass is 9.77. The molecule has 0 bridgehead atoms. The summed E-state index contributed by atoms with van der Waals surface area (Å²) in [4.78, 5) is 0. The molecule has 0 amide bonds. The molecule has 3 N–H and O–H groups in total. The van der Waals surface area contributed by atoms with Crippen LogP contribution in [-0.4, -0.2) is 5.11 Å². The van der Waals surface area contributed by atoms with E-state index in [4.69, 9.17) is 5.73 Å². The number of aromatic hydroxyl groups is 1. The standard InChI is InChI=1S/C19H31NO/c1-8-9-10-16(20)13-11-14(18(2,3)4)17(21)15(12-13)19(5,6)7/h8,11-12,16,21H,1,9-10,20H2,2-7H3/t16-/m0/s1. The van der Waals surface area contributed by atoms with E-state index in [1.54, 1.807) is 0 Å². The number of rotatable bonds is 4. The van der Waals surface area contributed by atoms with Gasteiger partial charge in [0.1, 0.15) is 5.75 Å². The number of phenolic OH excluding ortho intramolecular Hbond substituents is 1. The average Bonchev–Trinajstić information content (AvgIpc) is 2.33. The van der Waals surface area contributed by atoms with E-state index in [0.717, 1.165) is 29.5 Å². The molecule has 0 aliphatic heterocycles. The Morgan fingerprint density at radius 3 is 1.86 bits per heavy atom. The topological polar surface area (TPSA) is 46.2 Å². The van der Waals surface area contributed by atoms with Crippen LogP contribution in [0.15, 0.2) is 24.8 Å². The fraction of sp³-hybridized carbons (Fsp3) is 0.579. The number of allylic oxidation sites excluding steroid dienone is 1. The molecule has 2 heteroatoms. The van der Waals surface area contributed by atoms with Gasteiger partial charge in [0.2, 0.25) is 0 Å².